The molecule has 138 valence electrons. The Labute approximate surface area is 159 Å². The van der Waals surface area contributed by atoms with Crippen LogP contribution in [0.4, 0.5) is 11.4 Å². The van der Waals surface area contributed by atoms with Crippen molar-refractivity contribution in [1.82, 2.24) is 0 Å². The first-order valence-electron chi connectivity index (χ1n) is 8.47. The molecule has 0 bridgehead atoms. The van der Waals surface area contributed by atoms with Gasteiger partial charge in [-0.1, -0.05) is 24.3 Å². The van der Waals surface area contributed by atoms with E-state index in [2.05, 4.69) is 0 Å². The number of hydrogen-bond acceptors (Lipinski definition) is 5. The van der Waals surface area contributed by atoms with Crippen LogP contribution < -0.4 is 9.64 Å². The minimum Gasteiger partial charge on any atom is -0.457 e. The van der Waals surface area contributed by atoms with Crippen molar-refractivity contribution in [3.05, 3.63) is 93.5 Å². The molecule has 0 saturated heterocycles. The van der Waals surface area contributed by atoms with Gasteiger partial charge >= 0.3 is 0 Å². The van der Waals surface area contributed by atoms with Crippen LogP contribution in [-0.2, 0) is 0 Å². The second-order valence-electron chi connectivity index (χ2n) is 6.26. The molecule has 7 nitrogen and oxygen atoms in total. The van der Waals surface area contributed by atoms with Gasteiger partial charge in [-0.15, -0.1) is 0 Å². The first-order valence-corrected chi connectivity index (χ1v) is 8.47. The molecular weight excluding hydrogens is 360 g/mol. The summed E-state index contributed by atoms with van der Waals surface area (Å²) >= 11 is 0. The van der Waals surface area contributed by atoms with Gasteiger partial charge in [0, 0.05) is 6.07 Å². The SMILES string of the molecule is Cc1ccccc1Oc1ccc(N2C(=O)c3cccc([N+](=O)[O-])c3C2=O)cc1. The molecule has 0 N–H and O–H groups in total. The molecule has 0 spiro atoms. The maximum atomic E-state index is 12.7. The van der Waals surface area contributed by atoms with E-state index in [1.807, 2.05) is 31.2 Å². The molecule has 7 heteroatoms. The minimum absolute atomic E-state index is 0.0273. The zero-order chi connectivity index (χ0) is 19.8. The summed E-state index contributed by atoms with van der Waals surface area (Å²) in [5.41, 5.74) is 0.756. The molecule has 3 aromatic rings. The van der Waals surface area contributed by atoms with Gasteiger partial charge in [-0.25, -0.2) is 4.90 Å². The van der Waals surface area contributed by atoms with Gasteiger partial charge in [0.1, 0.15) is 17.1 Å². The lowest BCUT2D eigenvalue weighted by molar-refractivity contribution is -0.385. The number of nitrogens with zero attached hydrogens (tertiary/aromatic N) is 2. The third kappa shape index (κ3) is 2.79. The second-order valence-corrected chi connectivity index (χ2v) is 6.26. The molecule has 3 aromatic carbocycles. The van der Waals surface area contributed by atoms with Gasteiger partial charge in [0.05, 0.1) is 16.2 Å². The van der Waals surface area contributed by atoms with Crippen LogP contribution in [-0.4, -0.2) is 16.7 Å². The van der Waals surface area contributed by atoms with E-state index in [0.29, 0.717) is 17.2 Å². The van der Waals surface area contributed by atoms with Gasteiger partial charge in [-0.05, 0) is 48.9 Å². The molecule has 0 fully saturated rings. The van der Waals surface area contributed by atoms with Crippen molar-refractivity contribution in [2.45, 2.75) is 6.92 Å². The Morgan fingerprint density at radius 1 is 0.893 bits per heavy atom. The number of amides is 2. The largest absolute Gasteiger partial charge is 0.457 e. The molecule has 4 rings (SSSR count). The Bertz CT molecular complexity index is 1120. The van der Waals surface area contributed by atoms with Crippen LogP contribution in [0.25, 0.3) is 0 Å². The summed E-state index contributed by atoms with van der Waals surface area (Å²) in [5, 5.41) is 11.2. The summed E-state index contributed by atoms with van der Waals surface area (Å²) in [5.74, 6) is -0.0524. The third-order valence-corrected chi connectivity index (χ3v) is 4.51. The number of fused-ring (bicyclic) bond motifs is 1. The summed E-state index contributed by atoms with van der Waals surface area (Å²) < 4.78 is 5.82. The summed E-state index contributed by atoms with van der Waals surface area (Å²) in [6, 6.07) is 18.0. The average molecular weight is 374 g/mol. The van der Waals surface area contributed by atoms with Gasteiger partial charge in [0.2, 0.25) is 0 Å². The normalized spacial score (nSPS) is 12.8. The van der Waals surface area contributed by atoms with Gasteiger partial charge in [0.15, 0.2) is 0 Å². The molecule has 1 aliphatic rings. The van der Waals surface area contributed by atoms with Gasteiger partial charge in [-0.3, -0.25) is 19.7 Å². The quantitative estimate of drug-likeness (QED) is 0.381. The van der Waals surface area contributed by atoms with E-state index < -0.39 is 16.7 Å². The molecule has 0 unspecified atom stereocenters. The summed E-state index contributed by atoms with van der Waals surface area (Å²) in [6.45, 7) is 1.93. The van der Waals surface area contributed by atoms with Crippen molar-refractivity contribution in [2.24, 2.45) is 0 Å². The van der Waals surface area contributed by atoms with Crippen molar-refractivity contribution < 1.29 is 19.2 Å². The van der Waals surface area contributed by atoms with Crippen LogP contribution in [0, 0.1) is 17.0 Å². The third-order valence-electron chi connectivity index (χ3n) is 4.51. The lowest BCUT2D eigenvalue weighted by Crippen LogP contribution is -2.29. The number of nitro benzene ring substituents is 1. The maximum absolute atomic E-state index is 12.7. The van der Waals surface area contributed by atoms with Gasteiger partial charge in [-0.2, -0.15) is 0 Å². The topological polar surface area (TPSA) is 89.8 Å². The van der Waals surface area contributed by atoms with E-state index in [1.54, 1.807) is 24.3 Å². The Kier molecular flexibility index (Phi) is 4.12. The van der Waals surface area contributed by atoms with E-state index in [0.717, 1.165) is 10.5 Å². The van der Waals surface area contributed by atoms with Crippen molar-refractivity contribution >= 4 is 23.2 Å². The monoisotopic (exact) mass is 374 g/mol. The number of benzene rings is 3. The highest BCUT2D eigenvalue weighted by molar-refractivity contribution is 6.35. The molecule has 28 heavy (non-hydrogen) atoms. The van der Waals surface area contributed by atoms with Gasteiger partial charge in [0.25, 0.3) is 17.5 Å². The zero-order valence-corrected chi connectivity index (χ0v) is 14.8. The highest BCUT2D eigenvalue weighted by Gasteiger charge is 2.41. The van der Waals surface area contributed by atoms with E-state index >= 15 is 0 Å². The number of imide groups is 1. The Morgan fingerprint density at radius 3 is 2.29 bits per heavy atom. The Morgan fingerprint density at radius 2 is 1.61 bits per heavy atom. The number of rotatable bonds is 4. The maximum Gasteiger partial charge on any atom is 0.283 e. The molecule has 1 aliphatic heterocycles. The zero-order valence-electron chi connectivity index (χ0n) is 14.8. The van der Waals surface area contributed by atoms with Crippen LogP contribution >= 0.6 is 0 Å². The summed E-state index contributed by atoms with van der Waals surface area (Å²) in [4.78, 5) is 36.9. The van der Waals surface area contributed by atoms with Crippen LogP contribution in [0.2, 0.25) is 0 Å². The molecule has 0 atom stereocenters. The van der Waals surface area contributed by atoms with E-state index in [-0.39, 0.29) is 16.8 Å². The number of nitro groups is 1. The summed E-state index contributed by atoms with van der Waals surface area (Å²) in [6.07, 6.45) is 0. The highest BCUT2D eigenvalue weighted by atomic mass is 16.6. The first-order chi connectivity index (χ1) is 13.5. The number of aryl methyl sites for hydroxylation is 1. The van der Waals surface area contributed by atoms with Crippen molar-refractivity contribution in [3.8, 4) is 11.5 Å². The number of anilines is 1. The molecular formula is C21H14N2O5. The lowest BCUT2D eigenvalue weighted by atomic mass is 10.1. The first kappa shape index (κ1) is 17.4. The molecule has 2 amide bonds. The van der Waals surface area contributed by atoms with Crippen molar-refractivity contribution in [3.63, 3.8) is 0 Å². The molecule has 1 heterocycles. The lowest BCUT2D eigenvalue weighted by Gasteiger charge is -2.15. The predicted octanol–water partition coefficient (Wildman–Crippen LogP) is 4.50. The smallest absolute Gasteiger partial charge is 0.283 e. The number of para-hydroxylation sites is 1. The van der Waals surface area contributed by atoms with Crippen LogP contribution in [0.15, 0.2) is 66.7 Å². The molecule has 0 aromatic heterocycles. The fourth-order valence-corrected chi connectivity index (χ4v) is 3.12. The predicted molar refractivity (Wildman–Crippen MR) is 102 cm³/mol. The summed E-state index contributed by atoms with van der Waals surface area (Å²) in [7, 11) is 0. The number of hydrogen-bond donors (Lipinski definition) is 0. The number of carbonyl (C=O) groups is 2. The van der Waals surface area contributed by atoms with Crippen molar-refractivity contribution in [2.75, 3.05) is 4.90 Å². The van der Waals surface area contributed by atoms with E-state index in [1.165, 1.54) is 18.2 Å². The molecule has 0 saturated carbocycles. The van der Waals surface area contributed by atoms with Gasteiger partial charge < -0.3 is 4.74 Å². The van der Waals surface area contributed by atoms with Crippen LogP contribution in [0.5, 0.6) is 11.5 Å². The average Bonchev–Trinajstić information content (AvgIpc) is 2.95. The van der Waals surface area contributed by atoms with Crippen molar-refractivity contribution in [1.29, 1.82) is 0 Å². The number of ether oxygens (including phenoxy) is 1. The molecule has 0 aliphatic carbocycles. The van der Waals surface area contributed by atoms with E-state index in [4.69, 9.17) is 4.74 Å². The Balaban J connectivity index is 1.64. The van der Waals surface area contributed by atoms with Crippen LogP contribution in [0.1, 0.15) is 26.3 Å². The second kappa shape index (κ2) is 6.62. The fraction of sp³-hybridized carbons (Fsp3) is 0.0476. The van der Waals surface area contributed by atoms with Crippen LogP contribution in [0.3, 0.4) is 0 Å². The number of carbonyl (C=O) groups excluding carboxylic acids is 2. The molecule has 0 radical (unpaired) electrons. The standard InChI is InChI=1S/C21H14N2O5/c1-13-5-2-3-8-18(13)28-15-11-9-14(10-12-15)22-20(24)16-6-4-7-17(23(26)27)19(16)21(22)25/h2-12H,1H3. The van der Waals surface area contributed by atoms with E-state index in [9.17, 15) is 19.7 Å². The minimum atomic E-state index is -0.708. The fourth-order valence-electron chi connectivity index (χ4n) is 3.12. The highest BCUT2D eigenvalue weighted by Crippen LogP contribution is 2.35. The Hall–Kier alpha value is -4.00.